The summed E-state index contributed by atoms with van der Waals surface area (Å²) in [5.74, 6) is 0. The van der Waals surface area contributed by atoms with Gasteiger partial charge in [-0.25, -0.2) is 4.68 Å². The van der Waals surface area contributed by atoms with Crippen molar-refractivity contribution in [2.75, 3.05) is 23.7 Å². The molecule has 1 fully saturated rings. The molecule has 4 rings (SSSR count). The van der Waals surface area contributed by atoms with Gasteiger partial charge in [0.25, 0.3) is 5.56 Å². The second-order valence-corrected chi connectivity index (χ2v) is 6.97. The van der Waals surface area contributed by atoms with E-state index in [0.717, 1.165) is 48.4 Å². The van der Waals surface area contributed by atoms with E-state index in [4.69, 9.17) is 10.8 Å². The zero-order chi connectivity index (χ0) is 18.6. The molecule has 138 valence electrons. The van der Waals surface area contributed by atoms with E-state index in [0.29, 0.717) is 12.2 Å². The van der Waals surface area contributed by atoms with Crippen molar-refractivity contribution in [2.45, 2.75) is 25.8 Å². The van der Waals surface area contributed by atoms with Crippen LogP contribution in [0.3, 0.4) is 0 Å². The minimum atomic E-state index is -0.223. The fourth-order valence-corrected chi connectivity index (χ4v) is 3.67. The highest BCUT2D eigenvalue weighted by molar-refractivity contribution is 5.83. The third kappa shape index (κ3) is 3.58. The van der Waals surface area contributed by atoms with E-state index < -0.39 is 0 Å². The average Bonchev–Trinajstić information content (AvgIpc) is 2.73. The number of hydrogen-bond acceptors (Lipinski definition) is 4. The predicted octanol–water partition coefficient (Wildman–Crippen LogP) is 3.53. The molecule has 0 bridgehead atoms. The summed E-state index contributed by atoms with van der Waals surface area (Å²) in [5, 5.41) is 4.76. The highest BCUT2D eigenvalue weighted by Crippen LogP contribution is 2.33. The van der Waals surface area contributed by atoms with Crippen LogP contribution >= 0.6 is 0 Å². The lowest BCUT2D eigenvalue weighted by Gasteiger charge is -2.31. The molecule has 5 nitrogen and oxygen atoms in total. The van der Waals surface area contributed by atoms with Crippen LogP contribution in [0.15, 0.2) is 65.5 Å². The molecule has 0 atom stereocenters. The molecule has 0 saturated carbocycles. The maximum absolute atomic E-state index is 13.0. The topological polar surface area (TPSA) is 64.2 Å². The van der Waals surface area contributed by atoms with Gasteiger partial charge in [0.15, 0.2) is 0 Å². The Morgan fingerprint density at radius 1 is 0.889 bits per heavy atom. The Labute approximate surface area is 159 Å². The van der Waals surface area contributed by atoms with Crippen LogP contribution in [0.5, 0.6) is 0 Å². The number of anilines is 2. The number of rotatable bonds is 4. The van der Waals surface area contributed by atoms with E-state index in [-0.39, 0.29) is 5.56 Å². The van der Waals surface area contributed by atoms with Gasteiger partial charge in [0.1, 0.15) is 11.4 Å². The van der Waals surface area contributed by atoms with Crippen molar-refractivity contribution in [1.82, 2.24) is 9.78 Å². The fraction of sp³-hybridized carbons (Fsp3) is 0.273. The second-order valence-electron chi connectivity index (χ2n) is 6.97. The lowest BCUT2D eigenvalue weighted by molar-refractivity contribution is 0.573. The van der Waals surface area contributed by atoms with Crippen molar-refractivity contribution in [3.05, 3.63) is 76.6 Å². The number of aromatic nitrogens is 2. The normalized spacial score (nSPS) is 14.3. The standard InChI is InChI=1S/C22H24N4O/c23-19-21(25-14-8-3-9-15-25)20(18-12-6-2-7-13-18)24-26(22(19)27)16-17-10-4-1-5-11-17/h1-2,4-7,10-13H,3,8-9,14-16,23H2. The maximum Gasteiger partial charge on any atom is 0.292 e. The molecule has 1 aromatic heterocycles. The van der Waals surface area contributed by atoms with E-state index >= 15 is 0 Å². The van der Waals surface area contributed by atoms with E-state index in [2.05, 4.69) is 4.90 Å². The molecule has 5 heteroatoms. The Balaban J connectivity index is 1.86. The third-order valence-electron chi connectivity index (χ3n) is 5.06. The van der Waals surface area contributed by atoms with Gasteiger partial charge in [0.05, 0.1) is 12.2 Å². The van der Waals surface area contributed by atoms with Crippen molar-refractivity contribution in [3.8, 4) is 11.3 Å². The van der Waals surface area contributed by atoms with Gasteiger partial charge in [-0.1, -0.05) is 60.7 Å². The second kappa shape index (κ2) is 7.66. The molecule has 2 N–H and O–H groups in total. The molecule has 3 aromatic rings. The highest BCUT2D eigenvalue weighted by Gasteiger charge is 2.23. The zero-order valence-electron chi connectivity index (χ0n) is 15.3. The summed E-state index contributed by atoms with van der Waals surface area (Å²) in [4.78, 5) is 15.2. The maximum atomic E-state index is 13.0. The zero-order valence-corrected chi connectivity index (χ0v) is 15.3. The van der Waals surface area contributed by atoms with Gasteiger partial charge >= 0.3 is 0 Å². The first kappa shape index (κ1) is 17.3. The molecule has 2 heterocycles. The van der Waals surface area contributed by atoms with Crippen LogP contribution < -0.4 is 16.2 Å². The van der Waals surface area contributed by atoms with Crippen LogP contribution in [0.4, 0.5) is 11.4 Å². The van der Waals surface area contributed by atoms with Crippen molar-refractivity contribution >= 4 is 11.4 Å². The molecule has 2 aromatic carbocycles. The molecular formula is C22H24N4O. The van der Waals surface area contributed by atoms with E-state index in [1.54, 1.807) is 0 Å². The molecule has 1 aliphatic heterocycles. The van der Waals surface area contributed by atoms with Crippen LogP contribution in [0, 0.1) is 0 Å². The summed E-state index contributed by atoms with van der Waals surface area (Å²) < 4.78 is 1.49. The molecule has 27 heavy (non-hydrogen) atoms. The molecular weight excluding hydrogens is 336 g/mol. The Bertz CT molecular complexity index is 961. The largest absolute Gasteiger partial charge is 0.392 e. The van der Waals surface area contributed by atoms with Crippen molar-refractivity contribution < 1.29 is 0 Å². The number of nitrogens with zero attached hydrogens (tertiary/aromatic N) is 3. The van der Waals surface area contributed by atoms with Gasteiger partial charge in [-0.15, -0.1) is 0 Å². The summed E-state index contributed by atoms with van der Waals surface area (Å²) >= 11 is 0. The van der Waals surface area contributed by atoms with Gasteiger partial charge in [-0.05, 0) is 24.8 Å². The molecule has 0 amide bonds. The smallest absolute Gasteiger partial charge is 0.292 e. The van der Waals surface area contributed by atoms with Crippen molar-refractivity contribution in [1.29, 1.82) is 0 Å². The van der Waals surface area contributed by atoms with Crippen molar-refractivity contribution in [2.24, 2.45) is 0 Å². The summed E-state index contributed by atoms with van der Waals surface area (Å²) in [6, 6.07) is 19.9. The molecule has 1 aliphatic rings. The molecule has 0 spiro atoms. The van der Waals surface area contributed by atoms with Crippen LogP contribution in [-0.2, 0) is 6.54 Å². The number of hydrogen-bond donors (Lipinski definition) is 1. The SMILES string of the molecule is Nc1c(N2CCCCC2)c(-c2ccccc2)nn(Cc2ccccc2)c1=O. The minimum absolute atomic E-state index is 0.223. The van der Waals surface area contributed by atoms with Crippen LogP contribution in [0.2, 0.25) is 0 Å². The summed E-state index contributed by atoms with van der Waals surface area (Å²) in [7, 11) is 0. The van der Waals surface area contributed by atoms with Crippen LogP contribution in [0.25, 0.3) is 11.3 Å². The first-order valence-corrected chi connectivity index (χ1v) is 9.49. The van der Waals surface area contributed by atoms with Gasteiger partial charge in [-0.3, -0.25) is 4.79 Å². The van der Waals surface area contributed by atoms with Gasteiger partial charge in [0, 0.05) is 18.7 Å². The van der Waals surface area contributed by atoms with E-state index in [1.165, 1.54) is 11.1 Å². The molecule has 0 radical (unpaired) electrons. The predicted molar refractivity (Wildman–Crippen MR) is 110 cm³/mol. The fourth-order valence-electron chi connectivity index (χ4n) is 3.67. The quantitative estimate of drug-likeness (QED) is 0.773. The monoisotopic (exact) mass is 360 g/mol. The Morgan fingerprint density at radius 2 is 1.52 bits per heavy atom. The first-order chi connectivity index (χ1) is 13.2. The average molecular weight is 360 g/mol. The highest BCUT2D eigenvalue weighted by atomic mass is 16.1. The number of piperidine rings is 1. The summed E-state index contributed by atoms with van der Waals surface area (Å²) in [6.45, 7) is 2.23. The van der Waals surface area contributed by atoms with E-state index in [1.807, 2.05) is 60.7 Å². The number of benzene rings is 2. The Morgan fingerprint density at radius 3 is 2.19 bits per heavy atom. The third-order valence-corrected chi connectivity index (χ3v) is 5.06. The van der Waals surface area contributed by atoms with Crippen molar-refractivity contribution in [3.63, 3.8) is 0 Å². The summed E-state index contributed by atoms with van der Waals surface area (Å²) in [5.41, 5.74) is 10.0. The summed E-state index contributed by atoms with van der Waals surface area (Å²) in [6.07, 6.45) is 3.44. The lowest BCUT2D eigenvalue weighted by Crippen LogP contribution is -2.35. The Kier molecular flexibility index (Phi) is 4.92. The molecule has 1 saturated heterocycles. The molecule has 0 aliphatic carbocycles. The Hall–Kier alpha value is -3.08. The first-order valence-electron chi connectivity index (χ1n) is 9.49. The number of nitrogens with two attached hydrogens (primary N) is 1. The lowest BCUT2D eigenvalue weighted by atomic mass is 10.1. The van der Waals surface area contributed by atoms with E-state index in [9.17, 15) is 4.79 Å². The van der Waals surface area contributed by atoms with Gasteiger partial charge in [0.2, 0.25) is 0 Å². The van der Waals surface area contributed by atoms with Crippen LogP contribution in [-0.4, -0.2) is 22.9 Å². The minimum Gasteiger partial charge on any atom is -0.392 e. The van der Waals surface area contributed by atoms with Crippen LogP contribution in [0.1, 0.15) is 24.8 Å². The van der Waals surface area contributed by atoms with Gasteiger partial charge in [-0.2, -0.15) is 5.10 Å². The number of nitrogen functional groups attached to an aromatic ring is 1. The van der Waals surface area contributed by atoms with Gasteiger partial charge < -0.3 is 10.6 Å². The molecule has 0 unspecified atom stereocenters.